The normalized spacial score (nSPS) is 23.0. The van der Waals surface area contributed by atoms with Crippen LogP contribution in [0.5, 0.6) is 0 Å². The lowest BCUT2D eigenvalue weighted by molar-refractivity contribution is 0.358. The van der Waals surface area contributed by atoms with Gasteiger partial charge in [0.2, 0.25) is 0 Å². The summed E-state index contributed by atoms with van der Waals surface area (Å²) in [5.41, 5.74) is 3.59. The molecule has 0 bridgehead atoms. The molecule has 4 N–H and O–H groups in total. The molecular formula is C16H29N5. The second-order valence-corrected chi connectivity index (χ2v) is 7.38. The number of nitrogens with zero attached hydrogens (tertiary/aromatic N) is 2. The number of nitrogen functional groups attached to an aromatic ring is 1. The number of hydrogen-bond donors (Lipinski definition) is 3. The SMILES string of the molecule is Cc1c(NN)nc(C(C)(C)C)nc1NC1CCCC(C)C1. The van der Waals surface area contributed by atoms with Crippen LogP contribution in [0.25, 0.3) is 0 Å². The van der Waals surface area contributed by atoms with Gasteiger partial charge in [0.15, 0.2) is 0 Å². The molecule has 1 heterocycles. The summed E-state index contributed by atoms with van der Waals surface area (Å²) in [5, 5.41) is 3.62. The lowest BCUT2D eigenvalue weighted by Gasteiger charge is -2.29. The van der Waals surface area contributed by atoms with Crippen LogP contribution in [0.1, 0.15) is 64.8 Å². The van der Waals surface area contributed by atoms with Gasteiger partial charge in [0.25, 0.3) is 0 Å². The van der Waals surface area contributed by atoms with Crippen LogP contribution in [0.2, 0.25) is 0 Å². The van der Waals surface area contributed by atoms with Gasteiger partial charge in [0, 0.05) is 17.0 Å². The van der Waals surface area contributed by atoms with Crippen LogP contribution in [-0.2, 0) is 5.41 Å². The Hall–Kier alpha value is -1.36. The summed E-state index contributed by atoms with van der Waals surface area (Å²) >= 11 is 0. The van der Waals surface area contributed by atoms with Gasteiger partial charge in [-0.25, -0.2) is 15.8 Å². The second-order valence-electron chi connectivity index (χ2n) is 7.38. The van der Waals surface area contributed by atoms with Crippen molar-refractivity contribution in [2.75, 3.05) is 10.7 Å². The van der Waals surface area contributed by atoms with Crippen LogP contribution >= 0.6 is 0 Å². The third kappa shape index (κ3) is 3.84. The molecule has 2 unspecified atom stereocenters. The fraction of sp³-hybridized carbons (Fsp3) is 0.750. The summed E-state index contributed by atoms with van der Waals surface area (Å²) in [4.78, 5) is 9.30. The van der Waals surface area contributed by atoms with E-state index in [4.69, 9.17) is 10.8 Å². The van der Waals surface area contributed by atoms with Gasteiger partial charge >= 0.3 is 0 Å². The Kier molecular flexibility index (Phi) is 4.71. The molecule has 21 heavy (non-hydrogen) atoms. The predicted octanol–water partition coefficient (Wildman–Crippen LogP) is 3.36. The zero-order chi connectivity index (χ0) is 15.6. The molecule has 0 aliphatic heterocycles. The Bertz CT molecular complexity index is 492. The quantitative estimate of drug-likeness (QED) is 0.588. The number of aromatic nitrogens is 2. The van der Waals surface area contributed by atoms with Crippen molar-refractivity contribution in [3.05, 3.63) is 11.4 Å². The zero-order valence-electron chi connectivity index (χ0n) is 14.0. The zero-order valence-corrected chi connectivity index (χ0v) is 14.0. The van der Waals surface area contributed by atoms with E-state index < -0.39 is 0 Å². The first-order chi connectivity index (χ1) is 9.81. The number of rotatable bonds is 3. The lowest BCUT2D eigenvalue weighted by Crippen LogP contribution is -2.28. The molecular weight excluding hydrogens is 262 g/mol. The van der Waals surface area contributed by atoms with Crippen molar-refractivity contribution in [2.24, 2.45) is 11.8 Å². The van der Waals surface area contributed by atoms with E-state index in [1.807, 2.05) is 6.92 Å². The predicted molar refractivity (Wildman–Crippen MR) is 88.3 cm³/mol. The molecule has 1 aromatic rings. The Morgan fingerprint density at radius 2 is 1.81 bits per heavy atom. The van der Waals surface area contributed by atoms with Crippen LogP contribution in [0.4, 0.5) is 11.6 Å². The molecule has 2 atom stereocenters. The van der Waals surface area contributed by atoms with E-state index in [0.29, 0.717) is 11.9 Å². The summed E-state index contributed by atoms with van der Waals surface area (Å²) < 4.78 is 0. The second kappa shape index (κ2) is 6.18. The molecule has 0 aromatic carbocycles. The number of nitrogens with one attached hydrogen (secondary N) is 2. The molecule has 5 nitrogen and oxygen atoms in total. The van der Waals surface area contributed by atoms with Gasteiger partial charge in [0.05, 0.1) is 0 Å². The van der Waals surface area contributed by atoms with Gasteiger partial charge in [-0.05, 0) is 25.7 Å². The highest BCUT2D eigenvalue weighted by Crippen LogP contribution is 2.30. The van der Waals surface area contributed by atoms with E-state index in [1.54, 1.807) is 0 Å². The van der Waals surface area contributed by atoms with E-state index in [9.17, 15) is 0 Å². The van der Waals surface area contributed by atoms with E-state index in [-0.39, 0.29) is 5.41 Å². The maximum absolute atomic E-state index is 5.62. The van der Waals surface area contributed by atoms with Crippen LogP contribution in [0.15, 0.2) is 0 Å². The molecule has 1 aliphatic rings. The van der Waals surface area contributed by atoms with Crippen molar-refractivity contribution < 1.29 is 0 Å². The first-order valence-corrected chi connectivity index (χ1v) is 7.93. The standard InChI is InChI=1S/C16H29N5/c1-10-7-6-8-12(9-10)18-13-11(2)14(21-17)20-15(19-13)16(3,4)5/h10,12H,6-9,17H2,1-5H3,(H2,18,19,20,21). The number of hydrogen-bond acceptors (Lipinski definition) is 5. The molecule has 1 fully saturated rings. The minimum Gasteiger partial charge on any atom is -0.367 e. The highest BCUT2D eigenvalue weighted by molar-refractivity contribution is 5.57. The van der Waals surface area contributed by atoms with Gasteiger partial charge in [0.1, 0.15) is 17.5 Å². The molecule has 0 radical (unpaired) electrons. The van der Waals surface area contributed by atoms with Crippen LogP contribution < -0.4 is 16.6 Å². The van der Waals surface area contributed by atoms with Crippen molar-refractivity contribution in [2.45, 2.75) is 71.8 Å². The molecule has 5 heteroatoms. The Labute approximate surface area is 128 Å². The van der Waals surface area contributed by atoms with E-state index >= 15 is 0 Å². The summed E-state index contributed by atoms with van der Waals surface area (Å²) in [6.45, 7) is 10.7. The van der Waals surface area contributed by atoms with Crippen molar-refractivity contribution in [3.63, 3.8) is 0 Å². The molecule has 2 rings (SSSR count). The monoisotopic (exact) mass is 291 g/mol. The fourth-order valence-corrected chi connectivity index (χ4v) is 2.89. The molecule has 1 aromatic heterocycles. The first kappa shape index (κ1) is 16.0. The summed E-state index contributed by atoms with van der Waals surface area (Å²) in [6.07, 6.45) is 5.05. The van der Waals surface area contributed by atoms with E-state index in [0.717, 1.165) is 23.1 Å². The van der Waals surface area contributed by atoms with Crippen LogP contribution in [-0.4, -0.2) is 16.0 Å². The molecule has 1 saturated carbocycles. The highest BCUT2D eigenvalue weighted by Gasteiger charge is 2.24. The molecule has 118 valence electrons. The molecule has 1 aliphatic carbocycles. The van der Waals surface area contributed by atoms with Crippen LogP contribution in [0.3, 0.4) is 0 Å². The summed E-state index contributed by atoms with van der Waals surface area (Å²) in [5.74, 6) is 8.84. The summed E-state index contributed by atoms with van der Waals surface area (Å²) in [7, 11) is 0. The lowest BCUT2D eigenvalue weighted by atomic mass is 9.87. The van der Waals surface area contributed by atoms with Gasteiger partial charge in [-0.1, -0.05) is 40.5 Å². The Balaban J connectivity index is 2.29. The maximum atomic E-state index is 5.62. The fourth-order valence-electron chi connectivity index (χ4n) is 2.89. The highest BCUT2D eigenvalue weighted by atomic mass is 15.3. The first-order valence-electron chi connectivity index (χ1n) is 7.93. The topological polar surface area (TPSA) is 75.9 Å². The molecule has 0 spiro atoms. The van der Waals surface area contributed by atoms with Gasteiger partial charge in [-0.2, -0.15) is 0 Å². The third-order valence-corrected chi connectivity index (χ3v) is 4.23. The minimum atomic E-state index is -0.102. The number of hydrazine groups is 1. The smallest absolute Gasteiger partial charge is 0.148 e. The average Bonchev–Trinajstić information content (AvgIpc) is 2.40. The molecule has 0 saturated heterocycles. The number of anilines is 2. The molecule has 0 amide bonds. The average molecular weight is 291 g/mol. The van der Waals surface area contributed by atoms with Crippen LogP contribution in [0, 0.1) is 12.8 Å². The van der Waals surface area contributed by atoms with Gasteiger partial charge < -0.3 is 10.7 Å². The van der Waals surface area contributed by atoms with Gasteiger partial charge in [-0.15, -0.1) is 0 Å². The van der Waals surface area contributed by atoms with Crippen molar-refractivity contribution in [3.8, 4) is 0 Å². The third-order valence-electron chi connectivity index (χ3n) is 4.23. The maximum Gasteiger partial charge on any atom is 0.148 e. The Morgan fingerprint density at radius 3 is 2.38 bits per heavy atom. The van der Waals surface area contributed by atoms with Crippen molar-refractivity contribution >= 4 is 11.6 Å². The summed E-state index contributed by atoms with van der Waals surface area (Å²) in [6, 6.07) is 0.501. The largest absolute Gasteiger partial charge is 0.367 e. The van der Waals surface area contributed by atoms with E-state index in [2.05, 4.69) is 43.4 Å². The van der Waals surface area contributed by atoms with Crippen molar-refractivity contribution in [1.29, 1.82) is 0 Å². The van der Waals surface area contributed by atoms with E-state index in [1.165, 1.54) is 25.7 Å². The van der Waals surface area contributed by atoms with Gasteiger partial charge in [-0.3, -0.25) is 0 Å². The Morgan fingerprint density at radius 1 is 1.14 bits per heavy atom. The minimum absolute atomic E-state index is 0.102. The number of nitrogens with two attached hydrogens (primary N) is 1. The van der Waals surface area contributed by atoms with Crippen molar-refractivity contribution in [1.82, 2.24) is 9.97 Å².